The van der Waals surface area contributed by atoms with Crippen molar-refractivity contribution >= 4 is 21.6 Å². The standard InChI is InChI=1S/C23H23BrFNO3/c1-3-28-22-12-17(14-26-19-8-10-20(27-2)11-9-19)21(24)13-23(22)29-15-16-4-6-18(25)7-5-16/h4-13,26H,3,14-15H2,1-2H3. The third-order valence-corrected chi connectivity index (χ3v) is 5.03. The first kappa shape index (κ1) is 21.0. The Balaban J connectivity index is 1.71. The summed E-state index contributed by atoms with van der Waals surface area (Å²) in [5.74, 6) is 1.86. The van der Waals surface area contributed by atoms with E-state index in [2.05, 4.69) is 21.2 Å². The third-order valence-electron chi connectivity index (χ3n) is 4.29. The lowest BCUT2D eigenvalue weighted by Crippen LogP contribution is -2.04. The van der Waals surface area contributed by atoms with Crippen LogP contribution in [0.2, 0.25) is 0 Å². The van der Waals surface area contributed by atoms with Gasteiger partial charge in [-0.1, -0.05) is 28.1 Å². The van der Waals surface area contributed by atoms with E-state index in [-0.39, 0.29) is 5.82 Å². The fraction of sp³-hybridized carbons (Fsp3) is 0.217. The maximum Gasteiger partial charge on any atom is 0.162 e. The molecule has 3 rings (SSSR count). The van der Waals surface area contributed by atoms with E-state index in [4.69, 9.17) is 14.2 Å². The van der Waals surface area contributed by atoms with Crippen LogP contribution in [0.5, 0.6) is 17.2 Å². The van der Waals surface area contributed by atoms with Crippen LogP contribution >= 0.6 is 15.9 Å². The maximum atomic E-state index is 13.1. The summed E-state index contributed by atoms with van der Waals surface area (Å²) in [6.07, 6.45) is 0. The van der Waals surface area contributed by atoms with E-state index in [1.807, 2.05) is 43.3 Å². The van der Waals surface area contributed by atoms with Gasteiger partial charge >= 0.3 is 0 Å². The Morgan fingerprint density at radius 1 is 0.931 bits per heavy atom. The van der Waals surface area contributed by atoms with Gasteiger partial charge in [-0.3, -0.25) is 0 Å². The number of benzene rings is 3. The maximum absolute atomic E-state index is 13.1. The van der Waals surface area contributed by atoms with Gasteiger partial charge in [-0.25, -0.2) is 4.39 Å². The van der Waals surface area contributed by atoms with Gasteiger partial charge in [0.15, 0.2) is 11.5 Å². The van der Waals surface area contributed by atoms with Crippen LogP contribution < -0.4 is 19.5 Å². The number of hydrogen-bond donors (Lipinski definition) is 1. The second kappa shape index (κ2) is 10.2. The first-order valence-corrected chi connectivity index (χ1v) is 10.1. The van der Waals surface area contributed by atoms with Crippen LogP contribution in [0.4, 0.5) is 10.1 Å². The predicted molar refractivity (Wildman–Crippen MR) is 116 cm³/mol. The molecule has 0 heterocycles. The number of nitrogens with one attached hydrogen (secondary N) is 1. The molecular weight excluding hydrogens is 437 g/mol. The average molecular weight is 460 g/mol. The van der Waals surface area contributed by atoms with Gasteiger partial charge in [0.2, 0.25) is 0 Å². The largest absolute Gasteiger partial charge is 0.497 e. The number of rotatable bonds is 9. The van der Waals surface area contributed by atoms with Crippen molar-refractivity contribution in [1.29, 1.82) is 0 Å². The van der Waals surface area contributed by atoms with Gasteiger partial charge in [0, 0.05) is 16.7 Å². The van der Waals surface area contributed by atoms with E-state index in [9.17, 15) is 4.39 Å². The minimum Gasteiger partial charge on any atom is -0.497 e. The highest BCUT2D eigenvalue weighted by molar-refractivity contribution is 9.10. The minimum atomic E-state index is -0.264. The molecule has 4 nitrogen and oxygen atoms in total. The van der Waals surface area contributed by atoms with E-state index in [1.165, 1.54) is 12.1 Å². The van der Waals surface area contributed by atoms with E-state index in [1.54, 1.807) is 19.2 Å². The monoisotopic (exact) mass is 459 g/mol. The predicted octanol–water partition coefficient (Wildman–Crippen LogP) is 6.19. The quantitative estimate of drug-likeness (QED) is 0.414. The molecule has 6 heteroatoms. The molecule has 0 aliphatic rings. The summed E-state index contributed by atoms with van der Waals surface area (Å²) in [7, 11) is 1.65. The van der Waals surface area contributed by atoms with Gasteiger partial charge in [-0.2, -0.15) is 0 Å². The average Bonchev–Trinajstić information content (AvgIpc) is 2.74. The second-order valence-electron chi connectivity index (χ2n) is 6.32. The number of methoxy groups -OCH3 is 1. The van der Waals surface area contributed by atoms with Crippen molar-refractivity contribution < 1.29 is 18.6 Å². The molecule has 0 radical (unpaired) electrons. The van der Waals surface area contributed by atoms with Gasteiger partial charge < -0.3 is 19.5 Å². The normalized spacial score (nSPS) is 10.5. The van der Waals surface area contributed by atoms with Gasteiger partial charge in [-0.15, -0.1) is 0 Å². The summed E-state index contributed by atoms with van der Waals surface area (Å²) in [6.45, 7) is 3.41. The lowest BCUT2D eigenvalue weighted by Gasteiger charge is -2.16. The van der Waals surface area contributed by atoms with Crippen molar-refractivity contribution in [3.8, 4) is 17.2 Å². The zero-order valence-corrected chi connectivity index (χ0v) is 18.0. The highest BCUT2D eigenvalue weighted by atomic mass is 79.9. The fourth-order valence-electron chi connectivity index (χ4n) is 2.74. The Bertz CT molecular complexity index is 930. The van der Waals surface area contributed by atoms with Crippen molar-refractivity contribution in [2.75, 3.05) is 19.0 Å². The molecule has 1 N–H and O–H groups in total. The fourth-order valence-corrected chi connectivity index (χ4v) is 3.20. The summed E-state index contributed by atoms with van der Waals surface area (Å²) in [5, 5.41) is 3.39. The number of anilines is 1. The number of hydrogen-bond acceptors (Lipinski definition) is 4. The minimum absolute atomic E-state index is 0.264. The summed E-state index contributed by atoms with van der Waals surface area (Å²) >= 11 is 3.62. The van der Waals surface area contributed by atoms with E-state index >= 15 is 0 Å². The Labute approximate surface area is 178 Å². The molecule has 0 bridgehead atoms. The molecule has 0 aliphatic heterocycles. The Morgan fingerprint density at radius 3 is 2.28 bits per heavy atom. The zero-order chi connectivity index (χ0) is 20.6. The number of halogens is 2. The molecule has 29 heavy (non-hydrogen) atoms. The first-order chi connectivity index (χ1) is 14.1. The molecule has 3 aromatic carbocycles. The van der Waals surface area contributed by atoms with Crippen molar-refractivity contribution in [1.82, 2.24) is 0 Å². The van der Waals surface area contributed by atoms with Gasteiger partial charge in [-0.05, 0) is 66.6 Å². The molecule has 0 saturated carbocycles. The van der Waals surface area contributed by atoms with E-state index in [0.29, 0.717) is 31.3 Å². The molecule has 0 saturated heterocycles. The molecule has 0 aliphatic carbocycles. The molecule has 0 aromatic heterocycles. The number of ether oxygens (including phenoxy) is 3. The SMILES string of the molecule is CCOc1cc(CNc2ccc(OC)cc2)c(Br)cc1OCc1ccc(F)cc1. The summed E-state index contributed by atoms with van der Waals surface area (Å²) < 4.78 is 30.9. The third kappa shape index (κ3) is 5.87. The van der Waals surface area contributed by atoms with Gasteiger partial charge in [0.25, 0.3) is 0 Å². The molecule has 0 atom stereocenters. The van der Waals surface area contributed by atoms with Crippen LogP contribution in [0, 0.1) is 5.82 Å². The smallest absolute Gasteiger partial charge is 0.162 e. The van der Waals surface area contributed by atoms with E-state index < -0.39 is 0 Å². The lowest BCUT2D eigenvalue weighted by molar-refractivity contribution is 0.269. The molecule has 0 amide bonds. The summed E-state index contributed by atoms with van der Waals surface area (Å²) in [5.41, 5.74) is 2.92. The Morgan fingerprint density at radius 2 is 1.62 bits per heavy atom. The Hall–Kier alpha value is -2.73. The lowest BCUT2D eigenvalue weighted by atomic mass is 10.2. The second-order valence-corrected chi connectivity index (χ2v) is 7.17. The van der Waals surface area contributed by atoms with Crippen molar-refractivity contribution in [2.45, 2.75) is 20.1 Å². The van der Waals surface area contributed by atoms with Crippen LogP contribution in [-0.4, -0.2) is 13.7 Å². The van der Waals surface area contributed by atoms with Crippen LogP contribution in [0.25, 0.3) is 0 Å². The van der Waals surface area contributed by atoms with E-state index in [0.717, 1.165) is 27.0 Å². The highest BCUT2D eigenvalue weighted by Crippen LogP contribution is 2.35. The van der Waals surface area contributed by atoms with Crippen LogP contribution in [0.15, 0.2) is 65.1 Å². The van der Waals surface area contributed by atoms with Crippen LogP contribution in [0.1, 0.15) is 18.1 Å². The van der Waals surface area contributed by atoms with Crippen LogP contribution in [-0.2, 0) is 13.2 Å². The molecular formula is C23H23BrFNO3. The zero-order valence-electron chi connectivity index (χ0n) is 16.4. The molecule has 152 valence electrons. The molecule has 0 spiro atoms. The van der Waals surface area contributed by atoms with Crippen molar-refractivity contribution in [3.05, 3.63) is 82.1 Å². The summed E-state index contributed by atoms with van der Waals surface area (Å²) in [4.78, 5) is 0. The molecule has 0 fully saturated rings. The van der Waals surface area contributed by atoms with Crippen LogP contribution in [0.3, 0.4) is 0 Å². The Kier molecular flexibility index (Phi) is 7.36. The van der Waals surface area contributed by atoms with Crippen molar-refractivity contribution in [2.24, 2.45) is 0 Å². The van der Waals surface area contributed by atoms with Gasteiger partial charge in [0.05, 0.1) is 13.7 Å². The van der Waals surface area contributed by atoms with Gasteiger partial charge in [0.1, 0.15) is 18.2 Å². The first-order valence-electron chi connectivity index (χ1n) is 9.29. The highest BCUT2D eigenvalue weighted by Gasteiger charge is 2.11. The topological polar surface area (TPSA) is 39.7 Å². The molecule has 3 aromatic rings. The van der Waals surface area contributed by atoms with Crippen molar-refractivity contribution in [3.63, 3.8) is 0 Å². The molecule has 0 unspecified atom stereocenters. The summed E-state index contributed by atoms with van der Waals surface area (Å²) in [6, 6.07) is 17.9.